The van der Waals surface area contributed by atoms with E-state index in [-0.39, 0.29) is 17.9 Å². The van der Waals surface area contributed by atoms with Crippen LogP contribution in [0.1, 0.15) is 26.3 Å². The van der Waals surface area contributed by atoms with Crippen molar-refractivity contribution < 1.29 is 33.3 Å². The molecule has 28 heavy (non-hydrogen) atoms. The smallest absolute Gasteiger partial charge is 0.342 e. The standard InChI is InChI=1S/C20H21NO7/c1-25-16-6-4-5-15(18(16)26-2)20(24)28-12-17(22)21-11-13-7-9-14(10-8-13)19(23)27-3/h4-10H,11-12H2,1-3H3,(H,21,22). The summed E-state index contributed by atoms with van der Waals surface area (Å²) >= 11 is 0. The van der Waals surface area contributed by atoms with Gasteiger partial charge in [-0.25, -0.2) is 9.59 Å². The molecule has 0 heterocycles. The van der Waals surface area contributed by atoms with E-state index in [1.807, 2.05) is 0 Å². The Morgan fingerprint density at radius 2 is 1.61 bits per heavy atom. The average molecular weight is 387 g/mol. The van der Waals surface area contributed by atoms with Crippen molar-refractivity contribution in [2.45, 2.75) is 6.54 Å². The molecule has 2 aromatic carbocycles. The van der Waals surface area contributed by atoms with E-state index in [0.29, 0.717) is 11.3 Å². The molecule has 2 aromatic rings. The number of hydrogen-bond acceptors (Lipinski definition) is 7. The molecule has 0 bridgehead atoms. The zero-order chi connectivity index (χ0) is 20.5. The van der Waals surface area contributed by atoms with E-state index < -0.39 is 24.5 Å². The molecular formula is C20H21NO7. The number of para-hydroxylation sites is 1. The number of carbonyl (C=O) groups is 3. The van der Waals surface area contributed by atoms with Crippen LogP contribution in [0.2, 0.25) is 0 Å². The van der Waals surface area contributed by atoms with Crippen LogP contribution in [0.5, 0.6) is 11.5 Å². The molecule has 0 fully saturated rings. The fraction of sp³-hybridized carbons (Fsp3) is 0.250. The maximum atomic E-state index is 12.2. The summed E-state index contributed by atoms with van der Waals surface area (Å²) in [7, 11) is 4.17. The quantitative estimate of drug-likeness (QED) is 0.691. The van der Waals surface area contributed by atoms with Gasteiger partial charge in [-0.2, -0.15) is 0 Å². The minimum atomic E-state index is -0.701. The Hall–Kier alpha value is -3.55. The van der Waals surface area contributed by atoms with Gasteiger partial charge in [0.25, 0.3) is 5.91 Å². The largest absolute Gasteiger partial charge is 0.493 e. The number of hydrogen-bond donors (Lipinski definition) is 1. The Morgan fingerprint density at radius 3 is 2.21 bits per heavy atom. The van der Waals surface area contributed by atoms with Gasteiger partial charge in [-0.1, -0.05) is 18.2 Å². The van der Waals surface area contributed by atoms with Crippen molar-refractivity contribution in [1.82, 2.24) is 5.32 Å². The van der Waals surface area contributed by atoms with E-state index in [0.717, 1.165) is 5.56 Å². The maximum Gasteiger partial charge on any atom is 0.342 e. The number of ether oxygens (including phenoxy) is 4. The Bertz CT molecular complexity index is 846. The van der Waals surface area contributed by atoms with Gasteiger partial charge in [0.1, 0.15) is 5.56 Å². The number of esters is 2. The highest BCUT2D eigenvalue weighted by Gasteiger charge is 2.18. The molecule has 1 amide bonds. The molecule has 0 atom stereocenters. The van der Waals surface area contributed by atoms with Crippen LogP contribution in [-0.2, 0) is 20.8 Å². The van der Waals surface area contributed by atoms with Gasteiger partial charge in [0.15, 0.2) is 18.1 Å². The summed E-state index contributed by atoms with van der Waals surface area (Å²) in [5.74, 6) is -0.978. The highest BCUT2D eigenvalue weighted by atomic mass is 16.5. The fourth-order valence-corrected chi connectivity index (χ4v) is 2.38. The molecule has 0 unspecified atom stereocenters. The first-order chi connectivity index (χ1) is 13.5. The predicted octanol–water partition coefficient (Wildman–Crippen LogP) is 1.96. The van der Waals surface area contributed by atoms with Gasteiger partial charge in [0.2, 0.25) is 0 Å². The average Bonchev–Trinajstić information content (AvgIpc) is 2.74. The number of benzene rings is 2. The molecule has 0 radical (unpaired) electrons. The van der Waals surface area contributed by atoms with E-state index in [9.17, 15) is 14.4 Å². The Balaban J connectivity index is 1.87. The lowest BCUT2D eigenvalue weighted by Gasteiger charge is -2.12. The second-order valence-corrected chi connectivity index (χ2v) is 5.58. The summed E-state index contributed by atoms with van der Waals surface area (Å²) in [5, 5.41) is 2.63. The van der Waals surface area contributed by atoms with E-state index in [1.54, 1.807) is 36.4 Å². The Kier molecular flexibility index (Phi) is 7.38. The number of methoxy groups -OCH3 is 3. The van der Waals surface area contributed by atoms with Gasteiger partial charge in [-0.05, 0) is 29.8 Å². The lowest BCUT2D eigenvalue weighted by molar-refractivity contribution is -0.124. The molecule has 8 nitrogen and oxygen atoms in total. The number of carbonyl (C=O) groups excluding carboxylic acids is 3. The first kappa shape index (κ1) is 20.8. The van der Waals surface area contributed by atoms with Crippen LogP contribution in [0, 0.1) is 0 Å². The molecule has 148 valence electrons. The molecule has 8 heteroatoms. The van der Waals surface area contributed by atoms with Crippen molar-refractivity contribution in [2.24, 2.45) is 0 Å². The number of amides is 1. The zero-order valence-electron chi connectivity index (χ0n) is 15.8. The highest BCUT2D eigenvalue weighted by molar-refractivity contribution is 5.95. The van der Waals surface area contributed by atoms with Crippen LogP contribution in [0.4, 0.5) is 0 Å². The summed E-state index contributed by atoms with van der Waals surface area (Å²) in [6, 6.07) is 11.4. The fourth-order valence-electron chi connectivity index (χ4n) is 2.38. The third kappa shape index (κ3) is 5.23. The van der Waals surface area contributed by atoms with Crippen molar-refractivity contribution in [3.8, 4) is 11.5 Å². The third-order valence-electron chi connectivity index (χ3n) is 3.82. The summed E-state index contributed by atoms with van der Waals surface area (Å²) in [4.78, 5) is 35.5. The van der Waals surface area contributed by atoms with Crippen LogP contribution in [0.3, 0.4) is 0 Å². The molecule has 0 aliphatic rings. The van der Waals surface area contributed by atoms with E-state index in [2.05, 4.69) is 10.1 Å². The van der Waals surface area contributed by atoms with Crippen molar-refractivity contribution >= 4 is 17.8 Å². The maximum absolute atomic E-state index is 12.2. The third-order valence-corrected chi connectivity index (χ3v) is 3.82. The van der Waals surface area contributed by atoms with Crippen LogP contribution in [0.25, 0.3) is 0 Å². The van der Waals surface area contributed by atoms with Crippen molar-refractivity contribution in [3.05, 3.63) is 59.2 Å². The van der Waals surface area contributed by atoms with Gasteiger partial charge >= 0.3 is 11.9 Å². The van der Waals surface area contributed by atoms with Crippen LogP contribution in [0.15, 0.2) is 42.5 Å². The zero-order valence-corrected chi connectivity index (χ0v) is 15.8. The topological polar surface area (TPSA) is 100 Å². The molecule has 0 saturated carbocycles. The monoisotopic (exact) mass is 387 g/mol. The summed E-state index contributed by atoms with van der Waals surface area (Å²) in [5.41, 5.74) is 1.36. The summed E-state index contributed by atoms with van der Waals surface area (Å²) < 4.78 is 20.0. The van der Waals surface area contributed by atoms with Gasteiger partial charge in [0.05, 0.1) is 26.9 Å². The predicted molar refractivity (Wildman–Crippen MR) is 99.5 cm³/mol. The van der Waals surface area contributed by atoms with Gasteiger partial charge in [-0.15, -0.1) is 0 Å². The number of rotatable bonds is 8. The normalized spacial score (nSPS) is 9.96. The molecule has 0 saturated heterocycles. The van der Waals surface area contributed by atoms with Crippen molar-refractivity contribution in [1.29, 1.82) is 0 Å². The van der Waals surface area contributed by atoms with E-state index in [1.165, 1.54) is 27.4 Å². The summed E-state index contributed by atoms with van der Waals surface area (Å²) in [6.07, 6.45) is 0. The van der Waals surface area contributed by atoms with Crippen molar-refractivity contribution in [2.75, 3.05) is 27.9 Å². The van der Waals surface area contributed by atoms with Crippen LogP contribution >= 0.6 is 0 Å². The molecule has 0 aliphatic carbocycles. The lowest BCUT2D eigenvalue weighted by Crippen LogP contribution is -2.28. The molecule has 0 aliphatic heterocycles. The minimum absolute atomic E-state index is 0.160. The molecular weight excluding hydrogens is 366 g/mol. The second-order valence-electron chi connectivity index (χ2n) is 5.58. The van der Waals surface area contributed by atoms with Crippen LogP contribution < -0.4 is 14.8 Å². The molecule has 0 aromatic heterocycles. The van der Waals surface area contributed by atoms with E-state index >= 15 is 0 Å². The van der Waals surface area contributed by atoms with Crippen LogP contribution in [-0.4, -0.2) is 45.8 Å². The first-order valence-electron chi connectivity index (χ1n) is 8.32. The van der Waals surface area contributed by atoms with Gasteiger partial charge in [-0.3, -0.25) is 4.79 Å². The highest BCUT2D eigenvalue weighted by Crippen LogP contribution is 2.31. The van der Waals surface area contributed by atoms with Gasteiger partial charge in [0, 0.05) is 6.54 Å². The van der Waals surface area contributed by atoms with E-state index in [4.69, 9.17) is 14.2 Å². The Morgan fingerprint density at radius 1 is 0.893 bits per heavy atom. The molecule has 0 spiro atoms. The SMILES string of the molecule is COC(=O)c1ccc(CNC(=O)COC(=O)c2cccc(OC)c2OC)cc1. The second kappa shape index (κ2) is 9.96. The Labute approximate surface area is 162 Å². The minimum Gasteiger partial charge on any atom is -0.493 e. The summed E-state index contributed by atoms with van der Waals surface area (Å²) in [6.45, 7) is -0.222. The number of nitrogens with one attached hydrogen (secondary N) is 1. The van der Waals surface area contributed by atoms with Gasteiger partial charge < -0.3 is 24.3 Å². The molecule has 1 N–H and O–H groups in total. The lowest BCUT2D eigenvalue weighted by atomic mass is 10.1. The molecule has 2 rings (SSSR count). The first-order valence-corrected chi connectivity index (χ1v) is 8.32. The van der Waals surface area contributed by atoms with Crippen molar-refractivity contribution in [3.63, 3.8) is 0 Å².